The minimum atomic E-state index is -0.519. The summed E-state index contributed by atoms with van der Waals surface area (Å²) in [4.78, 5) is 28.5. The van der Waals surface area contributed by atoms with Gasteiger partial charge < -0.3 is 9.64 Å². The van der Waals surface area contributed by atoms with Gasteiger partial charge in [0.1, 0.15) is 3.70 Å². The smallest absolute Gasteiger partial charge is 0.359 e. The number of nitrogens with zero attached hydrogens (tertiary/aromatic N) is 2. The van der Waals surface area contributed by atoms with Gasteiger partial charge in [0.05, 0.1) is 12.3 Å². The Morgan fingerprint density at radius 2 is 2.12 bits per heavy atom. The molecule has 0 fully saturated rings. The Morgan fingerprint density at radius 1 is 1.47 bits per heavy atom. The first kappa shape index (κ1) is 13.9. The van der Waals surface area contributed by atoms with Gasteiger partial charge in [-0.05, 0) is 41.6 Å². The molecule has 0 N–H and O–H groups in total. The standard InChI is InChI=1S/C11H13IN2O3/c1-4-17-11(16)10-8(14(3)7(2)15)5-6-9(12)13-10/h5-6H,4H2,1-3H3. The Morgan fingerprint density at radius 3 is 2.65 bits per heavy atom. The molecule has 0 saturated heterocycles. The van der Waals surface area contributed by atoms with Crippen molar-refractivity contribution in [2.45, 2.75) is 13.8 Å². The summed E-state index contributed by atoms with van der Waals surface area (Å²) in [6.07, 6.45) is 0. The molecule has 5 nitrogen and oxygen atoms in total. The maximum atomic E-state index is 11.7. The molecule has 1 heterocycles. The number of carbonyl (C=O) groups is 2. The second-order valence-electron chi connectivity index (χ2n) is 3.30. The summed E-state index contributed by atoms with van der Waals surface area (Å²) in [5.74, 6) is -0.687. The van der Waals surface area contributed by atoms with Crippen LogP contribution < -0.4 is 4.90 Å². The molecule has 0 aromatic carbocycles. The number of halogens is 1. The number of rotatable bonds is 3. The highest BCUT2D eigenvalue weighted by Gasteiger charge is 2.19. The van der Waals surface area contributed by atoms with E-state index in [4.69, 9.17) is 4.74 Å². The predicted molar refractivity (Wildman–Crippen MR) is 72.0 cm³/mol. The molecule has 0 saturated carbocycles. The normalized spacial score (nSPS) is 9.88. The second-order valence-corrected chi connectivity index (χ2v) is 4.41. The average Bonchev–Trinajstić information content (AvgIpc) is 2.28. The third-order valence-corrected chi connectivity index (χ3v) is 2.74. The fourth-order valence-electron chi connectivity index (χ4n) is 1.22. The zero-order valence-electron chi connectivity index (χ0n) is 9.86. The summed E-state index contributed by atoms with van der Waals surface area (Å²) in [6.45, 7) is 3.42. The minimum Gasteiger partial charge on any atom is -0.461 e. The number of hydrogen-bond donors (Lipinski definition) is 0. The number of hydrogen-bond acceptors (Lipinski definition) is 4. The van der Waals surface area contributed by atoms with Gasteiger partial charge in [0, 0.05) is 14.0 Å². The van der Waals surface area contributed by atoms with Crippen LogP contribution in [-0.4, -0.2) is 30.5 Å². The molecule has 0 atom stereocenters. The number of aromatic nitrogens is 1. The number of esters is 1. The topological polar surface area (TPSA) is 59.5 Å². The van der Waals surface area contributed by atoms with Crippen molar-refractivity contribution >= 4 is 40.2 Å². The Labute approximate surface area is 113 Å². The number of anilines is 1. The van der Waals surface area contributed by atoms with Gasteiger partial charge in [-0.1, -0.05) is 0 Å². The summed E-state index contributed by atoms with van der Waals surface area (Å²) in [5.41, 5.74) is 0.618. The molecular formula is C11H13IN2O3. The van der Waals surface area contributed by atoms with Crippen molar-refractivity contribution in [2.24, 2.45) is 0 Å². The summed E-state index contributed by atoms with van der Waals surface area (Å²) in [5, 5.41) is 0. The van der Waals surface area contributed by atoms with E-state index in [1.807, 2.05) is 22.6 Å². The van der Waals surface area contributed by atoms with E-state index in [1.165, 1.54) is 11.8 Å². The van der Waals surface area contributed by atoms with E-state index in [9.17, 15) is 9.59 Å². The largest absolute Gasteiger partial charge is 0.461 e. The first-order valence-electron chi connectivity index (χ1n) is 5.05. The van der Waals surface area contributed by atoms with Crippen molar-refractivity contribution in [3.05, 3.63) is 21.5 Å². The van der Waals surface area contributed by atoms with Crippen LogP contribution >= 0.6 is 22.6 Å². The molecular weight excluding hydrogens is 335 g/mol. The van der Waals surface area contributed by atoms with Crippen LogP contribution in [0.25, 0.3) is 0 Å². The van der Waals surface area contributed by atoms with Gasteiger partial charge in [0.25, 0.3) is 0 Å². The lowest BCUT2D eigenvalue weighted by molar-refractivity contribution is -0.116. The molecule has 0 spiro atoms. The molecule has 0 radical (unpaired) electrons. The number of pyridine rings is 1. The first-order chi connectivity index (χ1) is 7.97. The maximum absolute atomic E-state index is 11.7. The van der Waals surface area contributed by atoms with Crippen LogP contribution in [0.5, 0.6) is 0 Å². The first-order valence-corrected chi connectivity index (χ1v) is 6.13. The van der Waals surface area contributed by atoms with E-state index in [0.29, 0.717) is 9.39 Å². The number of carbonyl (C=O) groups excluding carboxylic acids is 2. The molecule has 1 amide bonds. The lowest BCUT2D eigenvalue weighted by atomic mass is 10.2. The van der Waals surface area contributed by atoms with Gasteiger partial charge in [0.15, 0.2) is 5.69 Å². The molecule has 92 valence electrons. The molecule has 1 aromatic heterocycles. The third kappa shape index (κ3) is 3.39. The van der Waals surface area contributed by atoms with Crippen molar-refractivity contribution in [1.29, 1.82) is 0 Å². The van der Waals surface area contributed by atoms with Crippen LogP contribution in [-0.2, 0) is 9.53 Å². The zero-order chi connectivity index (χ0) is 13.0. The Balaban J connectivity index is 3.21. The lowest BCUT2D eigenvalue weighted by Crippen LogP contribution is -2.26. The molecule has 6 heteroatoms. The van der Waals surface area contributed by atoms with Crippen LogP contribution in [0.1, 0.15) is 24.3 Å². The van der Waals surface area contributed by atoms with Crippen molar-refractivity contribution < 1.29 is 14.3 Å². The Bertz CT molecular complexity index is 448. The minimum absolute atomic E-state index is 0.163. The SMILES string of the molecule is CCOC(=O)c1nc(I)ccc1N(C)C(C)=O. The molecule has 17 heavy (non-hydrogen) atoms. The average molecular weight is 348 g/mol. The van der Waals surface area contributed by atoms with E-state index in [1.54, 1.807) is 26.1 Å². The highest BCUT2D eigenvalue weighted by Crippen LogP contribution is 2.20. The van der Waals surface area contributed by atoms with E-state index in [-0.39, 0.29) is 18.2 Å². The summed E-state index contributed by atoms with van der Waals surface area (Å²) in [6, 6.07) is 3.42. The van der Waals surface area contributed by atoms with Gasteiger partial charge in [-0.25, -0.2) is 9.78 Å². The summed E-state index contributed by atoms with van der Waals surface area (Å²) >= 11 is 2.00. The Hall–Kier alpha value is -1.18. The predicted octanol–water partition coefficient (Wildman–Crippen LogP) is 1.85. The third-order valence-electron chi connectivity index (χ3n) is 2.14. The monoisotopic (exact) mass is 348 g/mol. The molecule has 0 aliphatic heterocycles. The summed E-state index contributed by atoms with van der Waals surface area (Å²) < 4.78 is 5.58. The fraction of sp³-hybridized carbons (Fsp3) is 0.364. The molecule has 0 unspecified atom stereocenters. The molecule has 0 bridgehead atoms. The molecule has 0 aliphatic carbocycles. The van der Waals surface area contributed by atoms with Crippen LogP contribution in [0.4, 0.5) is 5.69 Å². The van der Waals surface area contributed by atoms with Gasteiger partial charge in [-0.15, -0.1) is 0 Å². The van der Waals surface area contributed by atoms with Crippen LogP contribution in [0.3, 0.4) is 0 Å². The van der Waals surface area contributed by atoms with Gasteiger partial charge in [0.2, 0.25) is 5.91 Å². The quantitative estimate of drug-likeness (QED) is 0.475. The van der Waals surface area contributed by atoms with Gasteiger partial charge in [-0.3, -0.25) is 4.79 Å². The van der Waals surface area contributed by atoms with E-state index in [2.05, 4.69) is 4.98 Å². The molecule has 0 aliphatic rings. The Kier molecular flexibility index (Phi) is 4.86. The van der Waals surface area contributed by atoms with Crippen molar-refractivity contribution in [1.82, 2.24) is 4.98 Å². The highest BCUT2D eigenvalue weighted by molar-refractivity contribution is 14.1. The highest BCUT2D eigenvalue weighted by atomic mass is 127. The number of ether oxygens (including phenoxy) is 1. The van der Waals surface area contributed by atoms with E-state index >= 15 is 0 Å². The van der Waals surface area contributed by atoms with E-state index < -0.39 is 5.97 Å². The van der Waals surface area contributed by atoms with Crippen LogP contribution in [0.2, 0.25) is 0 Å². The second kappa shape index (κ2) is 5.95. The van der Waals surface area contributed by atoms with Crippen LogP contribution in [0, 0.1) is 3.70 Å². The lowest BCUT2D eigenvalue weighted by Gasteiger charge is -2.17. The van der Waals surface area contributed by atoms with Crippen molar-refractivity contribution in [3.8, 4) is 0 Å². The molecule has 1 aromatic rings. The summed E-state index contributed by atoms with van der Waals surface area (Å²) in [7, 11) is 1.59. The zero-order valence-corrected chi connectivity index (χ0v) is 12.0. The number of amides is 1. The van der Waals surface area contributed by atoms with E-state index in [0.717, 1.165) is 0 Å². The fourth-order valence-corrected chi connectivity index (χ4v) is 1.64. The van der Waals surface area contributed by atoms with Gasteiger partial charge >= 0.3 is 5.97 Å². The van der Waals surface area contributed by atoms with Crippen molar-refractivity contribution in [2.75, 3.05) is 18.6 Å². The van der Waals surface area contributed by atoms with Crippen molar-refractivity contribution in [3.63, 3.8) is 0 Å². The van der Waals surface area contributed by atoms with Gasteiger partial charge in [-0.2, -0.15) is 0 Å². The maximum Gasteiger partial charge on any atom is 0.359 e. The van der Waals surface area contributed by atoms with Crippen LogP contribution in [0.15, 0.2) is 12.1 Å². The molecule has 1 rings (SSSR count).